The molecule has 2 aliphatic heterocycles. The predicted molar refractivity (Wildman–Crippen MR) is 140 cm³/mol. The van der Waals surface area contributed by atoms with E-state index >= 15 is 0 Å². The molecule has 0 aromatic heterocycles. The first-order valence-corrected chi connectivity index (χ1v) is 13.8. The highest BCUT2D eigenvalue weighted by molar-refractivity contribution is 7.92. The van der Waals surface area contributed by atoms with Crippen molar-refractivity contribution < 1.29 is 13.2 Å². The van der Waals surface area contributed by atoms with E-state index in [-0.39, 0.29) is 16.2 Å². The number of sulfonamides is 1. The second-order valence-corrected chi connectivity index (χ2v) is 12.7. The van der Waals surface area contributed by atoms with Gasteiger partial charge in [-0.3, -0.25) is 4.72 Å². The van der Waals surface area contributed by atoms with Crippen LogP contribution in [0.2, 0.25) is 5.02 Å². The third-order valence-corrected chi connectivity index (χ3v) is 8.57. The van der Waals surface area contributed by atoms with Gasteiger partial charge in [0.15, 0.2) is 0 Å². The number of ether oxygens (including phenoxy) is 1. The van der Waals surface area contributed by atoms with Crippen LogP contribution in [-0.2, 0) is 25.8 Å². The van der Waals surface area contributed by atoms with Crippen LogP contribution in [0.1, 0.15) is 65.0 Å². The Balaban J connectivity index is 1.81. The van der Waals surface area contributed by atoms with Crippen molar-refractivity contribution in [1.29, 1.82) is 0 Å². The Labute approximate surface area is 213 Å². The lowest BCUT2D eigenvalue weighted by Gasteiger charge is -2.49. The standard InChI is InChI=1S/C26H33ClN4O3S/c1-18(2)25(14-6-7-15-34-25)26(28-17-29-31-26)22-16-20(27)10-13-23(22)30-35(32,33)21-11-8-19(9-12-21)24(3,4)5/h8-13,16-18,30H,6-7,14-15H2,1-5H3. The molecule has 2 aliphatic rings. The van der Waals surface area contributed by atoms with Gasteiger partial charge >= 0.3 is 0 Å². The van der Waals surface area contributed by atoms with Crippen molar-refractivity contribution in [3.63, 3.8) is 0 Å². The highest BCUT2D eigenvalue weighted by atomic mass is 35.5. The van der Waals surface area contributed by atoms with Crippen molar-refractivity contribution in [2.45, 2.75) is 75.5 Å². The number of halogens is 1. The van der Waals surface area contributed by atoms with Crippen molar-refractivity contribution in [3.05, 3.63) is 58.6 Å². The monoisotopic (exact) mass is 516 g/mol. The van der Waals surface area contributed by atoms with Gasteiger partial charge in [0.2, 0.25) is 5.66 Å². The minimum atomic E-state index is -3.90. The number of aliphatic imine (C=N–C) groups is 1. The van der Waals surface area contributed by atoms with Crippen molar-refractivity contribution in [2.75, 3.05) is 11.3 Å². The van der Waals surface area contributed by atoms with Crippen LogP contribution in [-0.4, -0.2) is 27.0 Å². The summed E-state index contributed by atoms with van der Waals surface area (Å²) in [5.74, 6) is 0.0328. The topological polar surface area (TPSA) is 92.5 Å². The molecular weight excluding hydrogens is 484 g/mol. The molecule has 1 N–H and O–H groups in total. The zero-order valence-electron chi connectivity index (χ0n) is 20.9. The number of anilines is 1. The first kappa shape index (κ1) is 25.8. The number of hydrogen-bond donors (Lipinski definition) is 1. The molecule has 0 radical (unpaired) electrons. The zero-order valence-corrected chi connectivity index (χ0v) is 22.4. The summed E-state index contributed by atoms with van der Waals surface area (Å²) in [6.07, 6.45) is 4.03. The summed E-state index contributed by atoms with van der Waals surface area (Å²) >= 11 is 6.43. The number of benzene rings is 2. The maximum Gasteiger partial charge on any atom is 0.261 e. The SMILES string of the molecule is CC(C)C1(C2(c3cc(Cl)ccc3NS(=O)(=O)c3ccc(C(C)(C)C)cc3)N=CN=N2)CCCCO1. The van der Waals surface area contributed by atoms with Crippen molar-refractivity contribution in [2.24, 2.45) is 21.1 Å². The second-order valence-electron chi connectivity index (χ2n) is 10.6. The number of rotatable bonds is 6. The molecule has 0 amide bonds. The van der Waals surface area contributed by atoms with Crippen LogP contribution in [0.3, 0.4) is 0 Å². The minimum Gasteiger partial charge on any atom is -0.370 e. The second kappa shape index (κ2) is 9.30. The highest BCUT2D eigenvalue weighted by Gasteiger charge is 2.59. The van der Waals surface area contributed by atoms with Gasteiger partial charge in [-0.1, -0.05) is 58.4 Å². The molecule has 1 fully saturated rings. The first-order chi connectivity index (χ1) is 16.4. The van der Waals surface area contributed by atoms with E-state index in [1.54, 1.807) is 30.3 Å². The number of azo groups is 1. The van der Waals surface area contributed by atoms with Crippen LogP contribution in [0.25, 0.3) is 0 Å². The molecule has 188 valence electrons. The van der Waals surface area contributed by atoms with Crippen molar-refractivity contribution >= 4 is 33.7 Å². The number of hydrogen-bond acceptors (Lipinski definition) is 6. The number of nitrogens with one attached hydrogen (secondary N) is 1. The largest absolute Gasteiger partial charge is 0.370 e. The lowest BCUT2D eigenvalue weighted by molar-refractivity contribution is -0.155. The van der Waals surface area contributed by atoms with Gasteiger partial charge in [0, 0.05) is 17.2 Å². The van der Waals surface area contributed by atoms with E-state index in [2.05, 4.69) is 49.6 Å². The van der Waals surface area contributed by atoms with Crippen LogP contribution >= 0.6 is 11.6 Å². The van der Waals surface area contributed by atoms with Gasteiger partial charge in [-0.05, 0) is 66.5 Å². The average molecular weight is 517 g/mol. The molecule has 0 saturated carbocycles. The third kappa shape index (κ3) is 4.63. The summed E-state index contributed by atoms with van der Waals surface area (Å²) in [6, 6.07) is 12.0. The quantitative estimate of drug-likeness (QED) is 0.464. The van der Waals surface area contributed by atoms with E-state index in [9.17, 15) is 8.42 Å². The minimum absolute atomic E-state index is 0.0328. The maximum absolute atomic E-state index is 13.4. The van der Waals surface area contributed by atoms with Crippen molar-refractivity contribution in [1.82, 2.24) is 0 Å². The summed E-state index contributed by atoms with van der Waals surface area (Å²) in [5.41, 5.74) is -0.199. The molecule has 2 heterocycles. The Bertz CT molecular complexity index is 1230. The van der Waals surface area contributed by atoms with Crippen LogP contribution in [0.15, 0.2) is 62.6 Å². The lowest BCUT2D eigenvalue weighted by Crippen LogP contribution is -2.56. The van der Waals surface area contributed by atoms with Gasteiger partial charge < -0.3 is 4.74 Å². The molecule has 0 aliphatic carbocycles. The normalized spacial score (nSPS) is 24.8. The summed E-state index contributed by atoms with van der Waals surface area (Å²) in [4.78, 5) is 4.89. The van der Waals surface area contributed by atoms with Crippen LogP contribution < -0.4 is 4.72 Å². The molecule has 0 spiro atoms. The third-order valence-electron chi connectivity index (χ3n) is 6.96. The molecule has 2 atom stereocenters. The molecule has 9 heteroatoms. The van der Waals surface area contributed by atoms with E-state index in [1.165, 1.54) is 6.34 Å². The Morgan fingerprint density at radius 1 is 1.09 bits per heavy atom. The van der Waals surface area contributed by atoms with Crippen LogP contribution in [0.4, 0.5) is 5.69 Å². The Kier molecular flexibility index (Phi) is 6.85. The molecule has 7 nitrogen and oxygen atoms in total. The van der Waals surface area contributed by atoms with Gasteiger partial charge in [-0.25, -0.2) is 13.4 Å². The summed E-state index contributed by atoms with van der Waals surface area (Å²) in [6.45, 7) is 11.0. The fourth-order valence-electron chi connectivity index (χ4n) is 4.97. The highest BCUT2D eigenvalue weighted by Crippen LogP contribution is 2.53. The summed E-state index contributed by atoms with van der Waals surface area (Å²) in [7, 11) is -3.90. The van der Waals surface area contributed by atoms with Gasteiger partial charge in [-0.2, -0.15) is 0 Å². The van der Waals surface area contributed by atoms with Gasteiger partial charge in [0.05, 0.1) is 10.6 Å². The Morgan fingerprint density at radius 2 is 1.80 bits per heavy atom. The smallest absolute Gasteiger partial charge is 0.261 e. The molecule has 2 aromatic rings. The first-order valence-electron chi connectivity index (χ1n) is 11.9. The van der Waals surface area contributed by atoms with E-state index in [1.807, 2.05) is 12.1 Å². The van der Waals surface area contributed by atoms with E-state index < -0.39 is 21.3 Å². The fraction of sp³-hybridized carbons (Fsp3) is 0.500. The zero-order chi connectivity index (χ0) is 25.5. The van der Waals surface area contributed by atoms with Crippen LogP contribution in [0, 0.1) is 5.92 Å². The maximum atomic E-state index is 13.4. The molecule has 0 bridgehead atoms. The average Bonchev–Trinajstić information content (AvgIpc) is 3.31. The van der Waals surface area contributed by atoms with Gasteiger partial charge in [-0.15, -0.1) is 10.2 Å². The molecule has 1 saturated heterocycles. The summed E-state index contributed by atoms with van der Waals surface area (Å²) in [5, 5.41) is 9.14. The lowest BCUT2D eigenvalue weighted by atomic mass is 9.70. The van der Waals surface area contributed by atoms with Gasteiger partial charge in [0.1, 0.15) is 11.9 Å². The molecule has 4 rings (SSSR count). The van der Waals surface area contributed by atoms with Crippen LogP contribution in [0.5, 0.6) is 0 Å². The van der Waals surface area contributed by atoms with E-state index in [0.29, 0.717) is 29.3 Å². The fourth-order valence-corrected chi connectivity index (χ4v) is 6.22. The summed E-state index contributed by atoms with van der Waals surface area (Å²) < 4.78 is 36.1. The predicted octanol–water partition coefficient (Wildman–Crippen LogP) is 6.68. The molecular formula is C26H33ClN4O3S. The van der Waals surface area contributed by atoms with Gasteiger partial charge in [0.25, 0.3) is 10.0 Å². The molecule has 2 aromatic carbocycles. The van der Waals surface area contributed by atoms with Crippen molar-refractivity contribution in [3.8, 4) is 0 Å². The van der Waals surface area contributed by atoms with E-state index in [4.69, 9.17) is 21.3 Å². The molecule has 35 heavy (non-hydrogen) atoms. The Morgan fingerprint density at radius 3 is 2.34 bits per heavy atom. The number of nitrogens with zero attached hydrogens (tertiary/aromatic N) is 3. The molecule has 2 unspecified atom stereocenters. The van der Waals surface area contributed by atoms with E-state index in [0.717, 1.165) is 18.4 Å². The Hall–Kier alpha value is -2.29.